The van der Waals surface area contributed by atoms with Crippen molar-refractivity contribution in [1.29, 1.82) is 0 Å². The van der Waals surface area contributed by atoms with Crippen LogP contribution in [0.3, 0.4) is 0 Å². The molecule has 0 saturated carbocycles. The molecule has 0 aliphatic rings. The van der Waals surface area contributed by atoms with Crippen molar-refractivity contribution >= 4 is 10.9 Å². The average Bonchev–Trinajstić information content (AvgIpc) is 2.79. The van der Waals surface area contributed by atoms with E-state index in [9.17, 15) is 0 Å². The van der Waals surface area contributed by atoms with Gasteiger partial charge in [-0.1, -0.05) is 57.2 Å². The van der Waals surface area contributed by atoms with Gasteiger partial charge in [0.15, 0.2) is 0 Å². The predicted octanol–water partition coefficient (Wildman–Crippen LogP) is 5.14. The second-order valence-corrected chi connectivity index (χ2v) is 6.53. The van der Waals surface area contributed by atoms with Crippen LogP contribution in [0.1, 0.15) is 26.3 Å². The van der Waals surface area contributed by atoms with E-state index in [2.05, 4.69) is 87.1 Å². The van der Waals surface area contributed by atoms with Crippen LogP contribution in [0.25, 0.3) is 22.0 Å². The minimum Gasteiger partial charge on any atom is -0.351 e. The van der Waals surface area contributed by atoms with Crippen molar-refractivity contribution in [2.24, 2.45) is 7.05 Å². The maximum Gasteiger partial charge on any atom is 0.0483 e. The highest BCUT2D eigenvalue weighted by Gasteiger charge is 2.13. The van der Waals surface area contributed by atoms with E-state index in [1.165, 1.54) is 27.6 Å². The van der Waals surface area contributed by atoms with E-state index < -0.39 is 0 Å². The van der Waals surface area contributed by atoms with Gasteiger partial charge in [0, 0.05) is 18.8 Å². The van der Waals surface area contributed by atoms with Crippen LogP contribution in [-0.2, 0) is 12.5 Å². The summed E-state index contributed by atoms with van der Waals surface area (Å²) in [4.78, 5) is 0. The summed E-state index contributed by atoms with van der Waals surface area (Å²) < 4.78 is 2.17. The summed E-state index contributed by atoms with van der Waals surface area (Å²) in [6, 6.07) is 17.8. The van der Waals surface area contributed by atoms with Gasteiger partial charge in [0.2, 0.25) is 0 Å². The largest absolute Gasteiger partial charge is 0.351 e. The number of hydrogen-bond acceptors (Lipinski definition) is 0. The van der Waals surface area contributed by atoms with Crippen LogP contribution in [0.4, 0.5) is 0 Å². The SMILES string of the molecule is Cn1ccc2ccc(-c3ccc(C(C)(C)C)cc3)cc21. The summed E-state index contributed by atoms with van der Waals surface area (Å²) in [6.45, 7) is 6.74. The summed E-state index contributed by atoms with van der Waals surface area (Å²) in [5.74, 6) is 0. The van der Waals surface area contributed by atoms with Crippen LogP contribution >= 0.6 is 0 Å². The summed E-state index contributed by atoms with van der Waals surface area (Å²) >= 11 is 0. The van der Waals surface area contributed by atoms with Gasteiger partial charge in [-0.05, 0) is 39.6 Å². The molecular weight excluding hydrogens is 242 g/mol. The first-order valence-electron chi connectivity index (χ1n) is 7.11. The highest BCUT2D eigenvalue weighted by molar-refractivity contribution is 5.85. The van der Waals surface area contributed by atoms with Gasteiger partial charge in [-0.2, -0.15) is 0 Å². The van der Waals surface area contributed by atoms with Gasteiger partial charge < -0.3 is 4.57 Å². The summed E-state index contributed by atoms with van der Waals surface area (Å²) in [5, 5.41) is 1.29. The zero-order valence-electron chi connectivity index (χ0n) is 12.6. The van der Waals surface area contributed by atoms with Crippen LogP contribution in [0, 0.1) is 0 Å². The monoisotopic (exact) mass is 263 g/mol. The standard InChI is InChI=1S/C19H21N/c1-19(2,3)17-9-7-14(8-10-17)16-6-5-15-11-12-20(4)18(15)13-16/h5-13H,1-4H3. The molecule has 0 spiro atoms. The maximum absolute atomic E-state index is 2.27. The third kappa shape index (κ3) is 2.24. The van der Waals surface area contributed by atoms with Crippen molar-refractivity contribution in [3.8, 4) is 11.1 Å². The molecular formula is C19H21N. The Kier molecular flexibility index (Phi) is 2.93. The minimum absolute atomic E-state index is 0.209. The van der Waals surface area contributed by atoms with Gasteiger partial charge in [-0.15, -0.1) is 0 Å². The number of aromatic nitrogens is 1. The lowest BCUT2D eigenvalue weighted by atomic mass is 9.86. The van der Waals surface area contributed by atoms with Crippen molar-refractivity contribution in [3.63, 3.8) is 0 Å². The van der Waals surface area contributed by atoms with Gasteiger partial charge in [0.25, 0.3) is 0 Å². The van der Waals surface area contributed by atoms with Crippen LogP contribution in [0.2, 0.25) is 0 Å². The lowest BCUT2D eigenvalue weighted by molar-refractivity contribution is 0.590. The van der Waals surface area contributed by atoms with Gasteiger partial charge >= 0.3 is 0 Å². The second-order valence-electron chi connectivity index (χ2n) is 6.53. The van der Waals surface area contributed by atoms with E-state index in [1.807, 2.05) is 0 Å². The molecule has 1 nitrogen and oxygen atoms in total. The zero-order chi connectivity index (χ0) is 14.3. The normalized spacial score (nSPS) is 12.0. The van der Waals surface area contributed by atoms with Gasteiger partial charge in [-0.3, -0.25) is 0 Å². The number of fused-ring (bicyclic) bond motifs is 1. The van der Waals surface area contributed by atoms with Crippen LogP contribution < -0.4 is 0 Å². The van der Waals surface area contributed by atoms with Crippen LogP contribution in [0.5, 0.6) is 0 Å². The fourth-order valence-corrected chi connectivity index (χ4v) is 2.60. The third-order valence-corrected chi connectivity index (χ3v) is 3.97. The van der Waals surface area contributed by atoms with Crippen molar-refractivity contribution in [1.82, 2.24) is 4.57 Å². The highest BCUT2D eigenvalue weighted by Crippen LogP contribution is 2.28. The Bertz CT molecular complexity index is 740. The Labute approximate surface area is 120 Å². The fourth-order valence-electron chi connectivity index (χ4n) is 2.60. The average molecular weight is 263 g/mol. The van der Waals surface area contributed by atoms with Gasteiger partial charge in [0.05, 0.1) is 0 Å². The molecule has 1 aromatic heterocycles. The van der Waals surface area contributed by atoms with E-state index in [-0.39, 0.29) is 5.41 Å². The molecule has 0 amide bonds. The molecule has 0 aliphatic carbocycles. The van der Waals surface area contributed by atoms with Crippen molar-refractivity contribution in [2.45, 2.75) is 26.2 Å². The lowest BCUT2D eigenvalue weighted by Gasteiger charge is -2.19. The fraction of sp³-hybridized carbons (Fsp3) is 0.263. The Morgan fingerprint density at radius 1 is 0.800 bits per heavy atom. The molecule has 0 aliphatic heterocycles. The molecule has 0 saturated heterocycles. The molecule has 1 heterocycles. The Hall–Kier alpha value is -2.02. The minimum atomic E-state index is 0.209. The van der Waals surface area contributed by atoms with E-state index in [0.717, 1.165) is 0 Å². The number of nitrogens with zero attached hydrogens (tertiary/aromatic N) is 1. The molecule has 2 aromatic carbocycles. The Morgan fingerprint density at radius 2 is 1.45 bits per heavy atom. The molecule has 0 N–H and O–H groups in total. The summed E-state index contributed by atoms with van der Waals surface area (Å²) in [5.41, 5.74) is 5.42. The van der Waals surface area contributed by atoms with E-state index in [1.54, 1.807) is 0 Å². The zero-order valence-corrected chi connectivity index (χ0v) is 12.6. The summed E-state index contributed by atoms with van der Waals surface area (Å²) in [7, 11) is 2.09. The molecule has 102 valence electrons. The second kappa shape index (κ2) is 4.52. The molecule has 0 atom stereocenters. The molecule has 3 aromatic rings. The quantitative estimate of drug-likeness (QED) is 0.572. The number of benzene rings is 2. The molecule has 20 heavy (non-hydrogen) atoms. The molecule has 0 unspecified atom stereocenters. The van der Waals surface area contributed by atoms with Crippen molar-refractivity contribution in [2.75, 3.05) is 0 Å². The van der Waals surface area contributed by atoms with Gasteiger partial charge in [-0.25, -0.2) is 0 Å². The maximum atomic E-state index is 2.27. The molecule has 0 radical (unpaired) electrons. The van der Waals surface area contributed by atoms with E-state index >= 15 is 0 Å². The first-order chi connectivity index (χ1) is 9.45. The predicted molar refractivity (Wildman–Crippen MR) is 87.1 cm³/mol. The highest BCUT2D eigenvalue weighted by atomic mass is 14.9. The number of rotatable bonds is 1. The molecule has 3 rings (SSSR count). The van der Waals surface area contributed by atoms with E-state index in [4.69, 9.17) is 0 Å². The number of hydrogen-bond donors (Lipinski definition) is 0. The van der Waals surface area contributed by atoms with Gasteiger partial charge in [0.1, 0.15) is 0 Å². The topological polar surface area (TPSA) is 4.93 Å². The lowest BCUT2D eigenvalue weighted by Crippen LogP contribution is -2.10. The van der Waals surface area contributed by atoms with E-state index in [0.29, 0.717) is 0 Å². The third-order valence-electron chi connectivity index (χ3n) is 3.97. The smallest absolute Gasteiger partial charge is 0.0483 e. The Balaban J connectivity index is 2.04. The first kappa shape index (κ1) is 13.0. The molecule has 0 bridgehead atoms. The molecule has 0 fully saturated rings. The molecule has 1 heteroatoms. The Morgan fingerprint density at radius 3 is 2.10 bits per heavy atom. The van der Waals surface area contributed by atoms with Crippen molar-refractivity contribution < 1.29 is 0 Å². The van der Waals surface area contributed by atoms with Crippen LogP contribution in [-0.4, -0.2) is 4.57 Å². The van der Waals surface area contributed by atoms with Crippen molar-refractivity contribution in [3.05, 3.63) is 60.3 Å². The summed E-state index contributed by atoms with van der Waals surface area (Å²) in [6.07, 6.45) is 2.11. The number of aryl methyl sites for hydroxylation is 1. The van der Waals surface area contributed by atoms with Crippen LogP contribution in [0.15, 0.2) is 54.7 Å². The first-order valence-corrected chi connectivity index (χ1v) is 7.11.